The van der Waals surface area contributed by atoms with Crippen molar-refractivity contribution in [3.05, 3.63) is 79.9 Å². The molecular weight excluding hydrogens is 388 g/mol. The van der Waals surface area contributed by atoms with Gasteiger partial charge in [-0.25, -0.2) is 0 Å². The zero-order chi connectivity index (χ0) is 20.5. The summed E-state index contributed by atoms with van der Waals surface area (Å²) in [6, 6.07) is 10.6. The van der Waals surface area contributed by atoms with Gasteiger partial charge in [0.05, 0.1) is 16.6 Å². The van der Waals surface area contributed by atoms with Gasteiger partial charge in [0.15, 0.2) is 5.78 Å². The van der Waals surface area contributed by atoms with E-state index in [0.717, 1.165) is 29.7 Å². The molecule has 0 radical (unpaired) electrons. The zero-order valence-corrected chi connectivity index (χ0v) is 17.0. The summed E-state index contributed by atoms with van der Waals surface area (Å²) < 4.78 is 3.70. The highest BCUT2D eigenvalue weighted by Gasteiger charge is 2.18. The summed E-state index contributed by atoms with van der Waals surface area (Å²) >= 11 is 1.73. The van der Waals surface area contributed by atoms with Crippen LogP contribution in [0.4, 0.5) is 5.69 Å². The van der Waals surface area contributed by atoms with E-state index in [1.165, 1.54) is 21.7 Å². The first-order valence-electron chi connectivity index (χ1n) is 9.26. The van der Waals surface area contributed by atoms with E-state index in [-0.39, 0.29) is 18.0 Å². The van der Waals surface area contributed by atoms with Gasteiger partial charge in [-0.1, -0.05) is 6.07 Å². The molecule has 1 aromatic carbocycles. The molecule has 4 rings (SSSR count). The first-order valence-corrected chi connectivity index (χ1v) is 10.1. The Morgan fingerprint density at radius 1 is 1.24 bits per heavy atom. The molecule has 0 N–H and O–H groups in total. The van der Waals surface area contributed by atoms with E-state index in [0.29, 0.717) is 11.1 Å². The van der Waals surface area contributed by atoms with E-state index in [1.54, 1.807) is 23.6 Å². The van der Waals surface area contributed by atoms with E-state index in [1.807, 2.05) is 26.0 Å². The van der Waals surface area contributed by atoms with Crippen LogP contribution in [-0.2, 0) is 19.5 Å². The van der Waals surface area contributed by atoms with E-state index < -0.39 is 4.92 Å². The number of hydrogen-bond donors (Lipinski definition) is 0. The van der Waals surface area contributed by atoms with Crippen LogP contribution in [0.5, 0.6) is 0 Å². The van der Waals surface area contributed by atoms with Crippen LogP contribution in [0.3, 0.4) is 0 Å². The van der Waals surface area contributed by atoms with Crippen molar-refractivity contribution in [2.45, 2.75) is 33.4 Å². The van der Waals surface area contributed by atoms with Gasteiger partial charge >= 0.3 is 0 Å². The maximum atomic E-state index is 13.0. The molecule has 3 heterocycles. The molecule has 0 bridgehead atoms. The Bertz CT molecular complexity index is 1200. The molecule has 4 aromatic rings. The van der Waals surface area contributed by atoms with Crippen LogP contribution in [0.25, 0.3) is 10.9 Å². The van der Waals surface area contributed by atoms with Crippen molar-refractivity contribution < 1.29 is 9.72 Å². The number of fused-ring (bicyclic) bond motifs is 1. The molecule has 0 atom stereocenters. The fourth-order valence-corrected chi connectivity index (χ4v) is 4.32. The van der Waals surface area contributed by atoms with Crippen molar-refractivity contribution >= 4 is 33.7 Å². The van der Waals surface area contributed by atoms with Crippen LogP contribution < -0.4 is 0 Å². The first kappa shape index (κ1) is 19.1. The Balaban J connectivity index is 1.57. The van der Waals surface area contributed by atoms with Crippen molar-refractivity contribution in [2.24, 2.45) is 0 Å². The molecule has 0 aliphatic rings. The lowest BCUT2D eigenvalue weighted by Gasteiger charge is -2.09. The SMILES string of the molecule is Cc1cc(C(=O)Cn2ncc3ccc([N+](=O)[O-])cc32)c(C)n1CCc1cccs1. The number of thiophene rings is 1. The number of ketones is 1. The summed E-state index contributed by atoms with van der Waals surface area (Å²) in [5, 5.41) is 18.2. The van der Waals surface area contributed by atoms with Gasteiger partial charge in [-0.2, -0.15) is 5.10 Å². The molecule has 0 aliphatic heterocycles. The van der Waals surface area contributed by atoms with E-state index in [2.05, 4.69) is 21.1 Å². The molecule has 0 saturated heterocycles. The summed E-state index contributed by atoms with van der Waals surface area (Å²) in [6.07, 6.45) is 2.55. The molecule has 29 heavy (non-hydrogen) atoms. The predicted octanol–water partition coefficient (Wildman–Crippen LogP) is 4.55. The Labute approximate surface area is 171 Å². The van der Waals surface area contributed by atoms with Crippen LogP contribution in [0, 0.1) is 24.0 Å². The highest BCUT2D eigenvalue weighted by atomic mass is 32.1. The van der Waals surface area contributed by atoms with Crippen molar-refractivity contribution in [2.75, 3.05) is 0 Å². The molecule has 7 nitrogen and oxygen atoms in total. The number of rotatable bonds is 7. The number of Topliss-reactive ketones (excluding diaryl/α,β-unsaturated/α-hetero) is 1. The highest BCUT2D eigenvalue weighted by molar-refractivity contribution is 7.09. The fraction of sp³-hybridized carbons (Fsp3) is 0.238. The summed E-state index contributed by atoms with van der Waals surface area (Å²) in [5.74, 6) is -0.0584. The lowest BCUT2D eigenvalue weighted by molar-refractivity contribution is -0.384. The molecule has 0 aliphatic carbocycles. The maximum absolute atomic E-state index is 13.0. The largest absolute Gasteiger partial charge is 0.348 e. The number of hydrogen-bond acceptors (Lipinski definition) is 5. The number of nitrogens with zero attached hydrogens (tertiary/aromatic N) is 4. The zero-order valence-electron chi connectivity index (χ0n) is 16.2. The average molecular weight is 408 g/mol. The van der Waals surface area contributed by atoms with Gasteiger partial charge in [0, 0.05) is 45.9 Å². The van der Waals surface area contributed by atoms with Gasteiger partial charge in [-0.3, -0.25) is 19.6 Å². The monoisotopic (exact) mass is 408 g/mol. The van der Waals surface area contributed by atoms with Gasteiger partial charge in [0.25, 0.3) is 5.69 Å². The molecule has 3 aromatic heterocycles. The molecule has 148 valence electrons. The van der Waals surface area contributed by atoms with E-state index in [4.69, 9.17) is 0 Å². The fourth-order valence-electron chi connectivity index (χ4n) is 3.62. The third-order valence-corrected chi connectivity index (χ3v) is 6.10. The second kappa shape index (κ2) is 7.63. The topological polar surface area (TPSA) is 83.0 Å². The van der Waals surface area contributed by atoms with Crippen LogP contribution in [0.1, 0.15) is 26.6 Å². The minimum absolute atomic E-state index is 0.0153. The number of aryl methyl sites for hydroxylation is 2. The minimum Gasteiger partial charge on any atom is -0.348 e. The third kappa shape index (κ3) is 3.71. The van der Waals surface area contributed by atoms with E-state index >= 15 is 0 Å². The second-order valence-corrected chi connectivity index (χ2v) is 8.02. The summed E-state index contributed by atoms with van der Waals surface area (Å²) in [5.41, 5.74) is 3.22. The van der Waals surface area contributed by atoms with Crippen molar-refractivity contribution in [1.29, 1.82) is 0 Å². The number of nitro groups is 1. The molecule has 0 saturated carbocycles. The number of non-ortho nitro benzene ring substituents is 1. The lowest BCUT2D eigenvalue weighted by Crippen LogP contribution is -2.13. The Kier molecular flexibility index (Phi) is 5.02. The normalized spacial score (nSPS) is 11.2. The summed E-state index contributed by atoms with van der Waals surface area (Å²) in [7, 11) is 0. The molecule has 0 unspecified atom stereocenters. The van der Waals surface area contributed by atoms with E-state index in [9.17, 15) is 14.9 Å². The standard InChI is InChI=1S/C21H20N4O3S/c1-14-10-19(15(2)23(14)8-7-18-4-3-9-29-18)21(26)13-24-20-11-17(25(27)28)6-5-16(20)12-22-24/h3-6,9-12H,7-8,13H2,1-2H3. The van der Waals surface area contributed by atoms with Gasteiger partial charge < -0.3 is 4.57 Å². The molecule has 0 spiro atoms. The van der Waals surface area contributed by atoms with Gasteiger partial charge in [-0.15, -0.1) is 11.3 Å². The Morgan fingerprint density at radius 3 is 2.79 bits per heavy atom. The highest BCUT2D eigenvalue weighted by Crippen LogP contribution is 2.22. The third-order valence-electron chi connectivity index (χ3n) is 5.17. The molecular formula is C21H20N4O3S. The van der Waals surface area contributed by atoms with Crippen molar-refractivity contribution in [1.82, 2.24) is 14.3 Å². The van der Waals surface area contributed by atoms with Crippen molar-refractivity contribution in [3.8, 4) is 0 Å². The predicted molar refractivity (Wildman–Crippen MR) is 113 cm³/mol. The second-order valence-electron chi connectivity index (χ2n) is 6.99. The number of aromatic nitrogens is 3. The van der Waals surface area contributed by atoms with Crippen LogP contribution in [0.2, 0.25) is 0 Å². The Hall–Kier alpha value is -3.26. The van der Waals surface area contributed by atoms with Crippen LogP contribution in [-0.4, -0.2) is 25.1 Å². The molecule has 8 heteroatoms. The quantitative estimate of drug-likeness (QED) is 0.255. The average Bonchev–Trinajstić information content (AvgIpc) is 3.41. The Morgan fingerprint density at radius 2 is 2.07 bits per heavy atom. The molecule has 0 fully saturated rings. The molecule has 0 amide bonds. The van der Waals surface area contributed by atoms with Crippen LogP contribution in [0.15, 0.2) is 48.0 Å². The maximum Gasteiger partial charge on any atom is 0.271 e. The summed E-state index contributed by atoms with van der Waals surface area (Å²) in [6.45, 7) is 4.83. The number of nitro benzene ring substituents is 1. The lowest BCUT2D eigenvalue weighted by atomic mass is 10.1. The van der Waals surface area contributed by atoms with Crippen molar-refractivity contribution in [3.63, 3.8) is 0 Å². The first-order chi connectivity index (χ1) is 13.9. The number of carbonyl (C=O) groups excluding carboxylic acids is 1. The van der Waals surface area contributed by atoms with Gasteiger partial charge in [0.1, 0.15) is 6.54 Å². The number of carbonyl (C=O) groups is 1. The van der Waals surface area contributed by atoms with Gasteiger partial charge in [0.2, 0.25) is 0 Å². The van der Waals surface area contributed by atoms with Gasteiger partial charge in [-0.05, 0) is 43.8 Å². The summed E-state index contributed by atoms with van der Waals surface area (Å²) in [4.78, 5) is 24.9. The number of benzene rings is 1. The van der Waals surface area contributed by atoms with Crippen LogP contribution >= 0.6 is 11.3 Å². The smallest absolute Gasteiger partial charge is 0.271 e. The minimum atomic E-state index is -0.445.